The van der Waals surface area contributed by atoms with Gasteiger partial charge in [-0.3, -0.25) is 0 Å². The van der Waals surface area contributed by atoms with Crippen molar-refractivity contribution in [2.75, 3.05) is 18.0 Å². The highest BCUT2D eigenvalue weighted by atomic mass is 16.5. The van der Waals surface area contributed by atoms with E-state index in [1.807, 2.05) is 79.0 Å². The molecule has 0 aliphatic carbocycles. The molecule has 0 saturated carbocycles. The molecule has 0 atom stereocenters. The maximum Gasteiger partial charge on any atom is 0.225 e. The van der Waals surface area contributed by atoms with E-state index in [2.05, 4.69) is 17.0 Å². The maximum atomic E-state index is 6.17. The van der Waals surface area contributed by atoms with Crippen LogP contribution >= 0.6 is 0 Å². The molecule has 33 heavy (non-hydrogen) atoms. The first kappa shape index (κ1) is 21.0. The largest absolute Gasteiger partial charge is 0.473 e. The second kappa shape index (κ2) is 10.2. The minimum absolute atomic E-state index is 0.433. The molecule has 3 heterocycles. The first-order valence-corrected chi connectivity index (χ1v) is 11.4. The highest BCUT2D eigenvalue weighted by molar-refractivity contribution is 5.69. The van der Waals surface area contributed by atoms with Crippen molar-refractivity contribution in [3.05, 3.63) is 102 Å². The molecule has 1 aliphatic heterocycles. The fourth-order valence-corrected chi connectivity index (χ4v) is 3.97. The van der Waals surface area contributed by atoms with Gasteiger partial charge in [0, 0.05) is 36.5 Å². The summed E-state index contributed by atoms with van der Waals surface area (Å²) in [7, 11) is 0. The average Bonchev–Trinajstić information content (AvgIpc) is 3.43. The van der Waals surface area contributed by atoms with E-state index in [-0.39, 0.29) is 0 Å². The SMILES string of the molecule is c1ccc(COc2ccc(-c3ccc(N4CCCC4)nc3)c(OCc3ccccc3)n2)cc1. The number of nitrogens with zero attached hydrogens (tertiary/aromatic N) is 3. The lowest BCUT2D eigenvalue weighted by molar-refractivity contribution is 0.268. The Balaban J connectivity index is 1.38. The van der Waals surface area contributed by atoms with E-state index in [0.29, 0.717) is 25.0 Å². The Kier molecular flexibility index (Phi) is 6.48. The number of aromatic nitrogens is 2. The van der Waals surface area contributed by atoms with Gasteiger partial charge in [0.25, 0.3) is 0 Å². The Morgan fingerprint density at radius 2 is 1.36 bits per heavy atom. The molecule has 0 spiro atoms. The summed E-state index contributed by atoms with van der Waals surface area (Å²) in [4.78, 5) is 11.7. The average molecular weight is 438 g/mol. The molecule has 1 fully saturated rings. The van der Waals surface area contributed by atoms with Gasteiger partial charge in [-0.25, -0.2) is 4.98 Å². The van der Waals surface area contributed by atoms with Crippen molar-refractivity contribution < 1.29 is 9.47 Å². The molecule has 5 nitrogen and oxygen atoms in total. The molecule has 1 aliphatic rings. The summed E-state index contributed by atoms with van der Waals surface area (Å²) in [6.07, 6.45) is 4.37. The van der Waals surface area contributed by atoms with Crippen LogP contribution in [0.5, 0.6) is 11.8 Å². The van der Waals surface area contributed by atoms with E-state index >= 15 is 0 Å². The van der Waals surface area contributed by atoms with Crippen LogP contribution in [0.4, 0.5) is 5.82 Å². The van der Waals surface area contributed by atoms with Crippen LogP contribution in [0.3, 0.4) is 0 Å². The molecule has 166 valence electrons. The standard InChI is InChI=1S/C28H27N3O2/c1-3-9-22(10-4-1)20-32-27-16-14-25(28(30-27)33-21-23-11-5-2-6-12-23)24-13-15-26(29-19-24)31-17-7-8-18-31/h1-6,9-16,19H,7-8,17-18,20-21H2. The number of benzene rings is 2. The fourth-order valence-electron chi connectivity index (χ4n) is 3.97. The summed E-state index contributed by atoms with van der Waals surface area (Å²) in [5.41, 5.74) is 4.06. The van der Waals surface area contributed by atoms with Crippen molar-refractivity contribution in [1.29, 1.82) is 0 Å². The quantitative estimate of drug-likeness (QED) is 0.343. The van der Waals surface area contributed by atoms with Gasteiger partial charge in [-0.05, 0) is 42.2 Å². The summed E-state index contributed by atoms with van der Waals surface area (Å²) in [6, 6.07) is 28.2. The van der Waals surface area contributed by atoms with E-state index in [1.54, 1.807) is 0 Å². The first-order chi connectivity index (χ1) is 16.3. The van der Waals surface area contributed by atoms with Gasteiger partial charge in [-0.1, -0.05) is 60.7 Å². The van der Waals surface area contributed by atoms with Gasteiger partial charge in [-0.2, -0.15) is 4.98 Å². The van der Waals surface area contributed by atoms with Gasteiger partial charge in [-0.15, -0.1) is 0 Å². The van der Waals surface area contributed by atoms with E-state index in [1.165, 1.54) is 12.8 Å². The predicted octanol–water partition coefficient (Wildman–Crippen LogP) is 5.90. The van der Waals surface area contributed by atoms with Crippen molar-refractivity contribution in [2.24, 2.45) is 0 Å². The van der Waals surface area contributed by atoms with Gasteiger partial charge in [0.1, 0.15) is 19.0 Å². The molecule has 0 radical (unpaired) electrons. The van der Waals surface area contributed by atoms with Crippen molar-refractivity contribution >= 4 is 5.82 Å². The molecule has 1 saturated heterocycles. The Bertz CT molecular complexity index is 1160. The number of pyridine rings is 2. The fraction of sp³-hybridized carbons (Fsp3) is 0.214. The van der Waals surface area contributed by atoms with E-state index in [9.17, 15) is 0 Å². The molecule has 4 aromatic rings. The van der Waals surface area contributed by atoms with Gasteiger partial charge in [0.2, 0.25) is 11.8 Å². The zero-order valence-corrected chi connectivity index (χ0v) is 18.6. The van der Waals surface area contributed by atoms with Crippen LogP contribution in [0.25, 0.3) is 11.1 Å². The third kappa shape index (κ3) is 5.32. The molecular weight excluding hydrogens is 410 g/mol. The third-order valence-electron chi connectivity index (χ3n) is 5.77. The van der Waals surface area contributed by atoms with Crippen LogP contribution in [0.15, 0.2) is 91.1 Å². The van der Waals surface area contributed by atoms with Gasteiger partial charge < -0.3 is 14.4 Å². The monoisotopic (exact) mass is 437 g/mol. The summed E-state index contributed by atoms with van der Waals surface area (Å²) in [6.45, 7) is 3.04. The Hall–Kier alpha value is -3.86. The normalized spacial score (nSPS) is 13.2. The van der Waals surface area contributed by atoms with E-state index < -0.39 is 0 Å². The number of anilines is 1. The van der Waals surface area contributed by atoms with Crippen LogP contribution in [-0.2, 0) is 13.2 Å². The summed E-state index contributed by atoms with van der Waals surface area (Å²) in [5.74, 6) is 2.10. The third-order valence-corrected chi connectivity index (χ3v) is 5.77. The zero-order valence-electron chi connectivity index (χ0n) is 18.6. The summed E-state index contributed by atoms with van der Waals surface area (Å²) in [5, 5.41) is 0. The predicted molar refractivity (Wildman–Crippen MR) is 130 cm³/mol. The molecule has 5 heteroatoms. The van der Waals surface area contributed by atoms with Crippen LogP contribution < -0.4 is 14.4 Å². The van der Waals surface area contributed by atoms with Crippen molar-refractivity contribution in [3.63, 3.8) is 0 Å². The molecule has 2 aromatic carbocycles. The van der Waals surface area contributed by atoms with Gasteiger partial charge in [0.15, 0.2) is 0 Å². The molecule has 5 rings (SSSR count). The first-order valence-electron chi connectivity index (χ1n) is 11.4. The van der Waals surface area contributed by atoms with Crippen LogP contribution in [0.2, 0.25) is 0 Å². The molecular formula is C28H27N3O2. The van der Waals surface area contributed by atoms with Crippen LogP contribution in [-0.4, -0.2) is 23.1 Å². The second-order valence-corrected chi connectivity index (χ2v) is 8.15. The lowest BCUT2D eigenvalue weighted by Gasteiger charge is -2.17. The second-order valence-electron chi connectivity index (χ2n) is 8.15. The van der Waals surface area contributed by atoms with Crippen molar-refractivity contribution in [2.45, 2.75) is 26.1 Å². The van der Waals surface area contributed by atoms with Crippen molar-refractivity contribution in [1.82, 2.24) is 9.97 Å². The van der Waals surface area contributed by atoms with Crippen LogP contribution in [0.1, 0.15) is 24.0 Å². The number of ether oxygens (including phenoxy) is 2. The molecule has 0 N–H and O–H groups in total. The van der Waals surface area contributed by atoms with E-state index in [4.69, 9.17) is 19.4 Å². The van der Waals surface area contributed by atoms with Crippen molar-refractivity contribution in [3.8, 4) is 22.9 Å². The molecule has 2 aromatic heterocycles. The van der Waals surface area contributed by atoms with E-state index in [0.717, 1.165) is 41.2 Å². The maximum absolute atomic E-state index is 6.17. The minimum atomic E-state index is 0.433. The minimum Gasteiger partial charge on any atom is -0.473 e. The Labute approximate surface area is 194 Å². The molecule has 0 bridgehead atoms. The van der Waals surface area contributed by atoms with Gasteiger partial charge in [0.05, 0.1) is 0 Å². The summed E-state index contributed by atoms with van der Waals surface area (Å²) < 4.78 is 12.1. The lowest BCUT2D eigenvalue weighted by atomic mass is 10.1. The number of hydrogen-bond donors (Lipinski definition) is 0. The topological polar surface area (TPSA) is 47.5 Å². The highest BCUT2D eigenvalue weighted by Crippen LogP contribution is 2.32. The molecule has 0 unspecified atom stereocenters. The zero-order chi connectivity index (χ0) is 22.3. The smallest absolute Gasteiger partial charge is 0.225 e. The van der Waals surface area contributed by atoms with Crippen LogP contribution in [0, 0.1) is 0 Å². The Morgan fingerprint density at radius 3 is 2.00 bits per heavy atom. The molecule has 0 amide bonds. The lowest BCUT2D eigenvalue weighted by Crippen LogP contribution is -2.18. The highest BCUT2D eigenvalue weighted by Gasteiger charge is 2.15. The Morgan fingerprint density at radius 1 is 0.697 bits per heavy atom. The van der Waals surface area contributed by atoms with Gasteiger partial charge >= 0.3 is 0 Å². The summed E-state index contributed by atoms with van der Waals surface area (Å²) >= 11 is 0. The number of hydrogen-bond acceptors (Lipinski definition) is 5. The number of rotatable bonds is 8.